The Morgan fingerprint density at radius 1 is 0.875 bits per heavy atom. The fourth-order valence-corrected chi connectivity index (χ4v) is 2.38. The molecule has 1 aliphatic heterocycles. The molecule has 16 heavy (non-hydrogen) atoms. The highest BCUT2D eigenvalue weighted by Crippen LogP contribution is 2.29. The van der Waals surface area contributed by atoms with Crippen LogP contribution in [0.5, 0.6) is 0 Å². The Kier molecular flexibility index (Phi) is 2.22. The fraction of sp³-hybridized carbons (Fsp3) is 0.0714. The molecule has 0 spiro atoms. The van der Waals surface area contributed by atoms with Crippen LogP contribution in [-0.4, -0.2) is 4.86 Å². The molecule has 78 valence electrons. The van der Waals surface area contributed by atoms with Crippen LogP contribution in [0.3, 0.4) is 0 Å². The molecule has 1 aliphatic rings. The molecule has 3 rings (SSSR count). The molecule has 0 atom stereocenters. The van der Waals surface area contributed by atoms with Gasteiger partial charge in [-0.3, -0.25) is 0 Å². The number of nitrogens with one attached hydrogen (secondary N) is 1. The minimum Gasteiger partial charge on any atom is -0.355 e. The zero-order chi connectivity index (χ0) is 11.0. The van der Waals surface area contributed by atoms with Crippen LogP contribution in [0.2, 0.25) is 0 Å². The van der Waals surface area contributed by atoms with E-state index < -0.39 is 0 Å². The molecule has 0 fully saturated rings. The van der Waals surface area contributed by atoms with Crippen molar-refractivity contribution in [1.29, 1.82) is 0 Å². The Bertz CT molecular complexity index is 560. The highest BCUT2D eigenvalue weighted by atomic mass is 32.1. The molecule has 1 heterocycles. The molecule has 1 nitrogen and oxygen atoms in total. The van der Waals surface area contributed by atoms with Gasteiger partial charge in [-0.05, 0) is 17.7 Å². The zero-order valence-electron chi connectivity index (χ0n) is 8.73. The maximum absolute atomic E-state index is 5.48. The molecule has 0 aromatic heterocycles. The molecule has 0 radical (unpaired) electrons. The van der Waals surface area contributed by atoms with Gasteiger partial charge in [0.25, 0.3) is 0 Å². The van der Waals surface area contributed by atoms with Gasteiger partial charge >= 0.3 is 0 Å². The van der Waals surface area contributed by atoms with E-state index in [0.29, 0.717) is 0 Å². The smallest absolute Gasteiger partial charge is 0.0469 e. The lowest BCUT2D eigenvalue weighted by molar-refractivity contribution is 1.36. The van der Waals surface area contributed by atoms with E-state index in [1.165, 1.54) is 5.56 Å². The summed E-state index contributed by atoms with van der Waals surface area (Å²) >= 11 is 5.48. The number of anilines is 2. The third-order valence-electron chi connectivity index (χ3n) is 2.87. The van der Waals surface area contributed by atoms with E-state index in [1.807, 2.05) is 18.2 Å². The molecule has 0 unspecified atom stereocenters. The molecule has 1 N–H and O–H groups in total. The monoisotopic (exact) mass is 225 g/mol. The molecule has 0 aliphatic carbocycles. The van der Waals surface area contributed by atoms with E-state index in [1.54, 1.807) is 0 Å². The summed E-state index contributed by atoms with van der Waals surface area (Å²) in [5.74, 6) is 0. The van der Waals surface area contributed by atoms with Gasteiger partial charge in [-0.25, -0.2) is 0 Å². The molecular formula is C14H11NS. The minimum absolute atomic E-state index is 0.843. The van der Waals surface area contributed by atoms with Crippen LogP contribution in [0.15, 0.2) is 48.5 Å². The summed E-state index contributed by atoms with van der Waals surface area (Å²) in [5, 5.41) is 3.45. The van der Waals surface area contributed by atoms with Gasteiger partial charge in [0.05, 0.1) is 0 Å². The van der Waals surface area contributed by atoms with Crippen molar-refractivity contribution in [1.82, 2.24) is 0 Å². The maximum Gasteiger partial charge on any atom is 0.0469 e. The van der Waals surface area contributed by atoms with Gasteiger partial charge in [-0.15, -0.1) is 0 Å². The Balaban J connectivity index is 2.18. The quantitative estimate of drug-likeness (QED) is 0.686. The molecule has 2 aromatic rings. The van der Waals surface area contributed by atoms with E-state index in [4.69, 9.17) is 12.2 Å². The lowest BCUT2D eigenvalue weighted by Crippen LogP contribution is -1.99. The summed E-state index contributed by atoms with van der Waals surface area (Å²) in [6.45, 7) is 0. The first-order valence-corrected chi connectivity index (χ1v) is 5.72. The van der Waals surface area contributed by atoms with E-state index in [9.17, 15) is 0 Å². The molecule has 0 saturated carbocycles. The number of fused-ring (bicyclic) bond motifs is 2. The summed E-state index contributed by atoms with van der Waals surface area (Å²) in [6, 6.07) is 16.5. The number of para-hydroxylation sites is 2. The van der Waals surface area contributed by atoms with Crippen molar-refractivity contribution < 1.29 is 0 Å². The van der Waals surface area contributed by atoms with Crippen LogP contribution in [0.1, 0.15) is 11.1 Å². The van der Waals surface area contributed by atoms with Gasteiger partial charge in [0.1, 0.15) is 0 Å². The summed E-state index contributed by atoms with van der Waals surface area (Å²) < 4.78 is 0. The van der Waals surface area contributed by atoms with E-state index >= 15 is 0 Å². The zero-order valence-corrected chi connectivity index (χ0v) is 9.55. The second kappa shape index (κ2) is 3.72. The van der Waals surface area contributed by atoms with Crippen molar-refractivity contribution in [3.05, 3.63) is 59.7 Å². The lowest BCUT2D eigenvalue weighted by Gasteiger charge is -2.08. The fourth-order valence-electron chi connectivity index (χ4n) is 2.04. The van der Waals surface area contributed by atoms with Crippen LogP contribution in [0, 0.1) is 0 Å². The summed E-state index contributed by atoms with van der Waals surface area (Å²) in [7, 11) is 0. The molecule has 0 bridgehead atoms. The number of thiocarbonyl (C=S) groups is 1. The highest BCUT2D eigenvalue weighted by Gasteiger charge is 2.15. The first-order chi connectivity index (χ1) is 7.84. The van der Waals surface area contributed by atoms with Crippen molar-refractivity contribution >= 4 is 28.5 Å². The Hall–Kier alpha value is -1.67. The van der Waals surface area contributed by atoms with Crippen LogP contribution in [0.25, 0.3) is 0 Å². The van der Waals surface area contributed by atoms with Crippen molar-refractivity contribution in [2.45, 2.75) is 6.42 Å². The Morgan fingerprint density at radius 3 is 2.44 bits per heavy atom. The van der Waals surface area contributed by atoms with Gasteiger partial charge in [0, 0.05) is 28.2 Å². The van der Waals surface area contributed by atoms with Crippen LogP contribution in [0.4, 0.5) is 11.4 Å². The normalized spacial score (nSPS) is 13.4. The summed E-state index contributed by atoms with van der Waals surface area (Å²) in [5.41, 5.74) is 4.68. The standard InChI is InChI=1S/C14H11NS/c16-14-9-10-5-1-3-7-12(10)15-13-8-4-2-6-11(13)14/h1-8,15H,9H2. The second-order valence-corrected chi connectivity index (χ2v) is 4.42. The average Bonchev–Trinajstić information content (AvgIpc) is 2.45. The first-order valence-electron chi connectivity index (χ1n) is 5.32. The van der Waals surface area contributed by atoms with Gasteiger partial charge in [0.15, 0.2) is 0 Å². The number of hydrogen-bond acceptors (Lipinski definition) is 2. The van der Waals surface area contributed by atoms with Crippen molar-refractivity contribution in [3.8, 4) is 0 Å². The molecule has 2 heteroatoms. The SMILES string of the molecule is S=C1Cc2ccccc2Nc2ccccc21. The van der Waals surface area contributed by atoms with Crippen LogP contribution < -0.4 is 5.32 Å². The third kappa shape index (κ3) is 1.51. The summed E-state index contributed by atoms with van der Waals surface area (Å²) in [6.07, 6.45) is 0.843. The number of hydrogen-bond donors (Lipinski definition) is 1. The van der Waals surface area contributed by atoms with Gasteiger partial charge in [-0.2, -0.15) is 0 Å². The summed E-state index contributed by atoms with van der Waals surface area (Å²) in [4.78, 5) is 1.01. The van der Waals surface area contributed by atoms with Gasteiger partial charge in [-0.1, -0.05) is 48.6 Å². The van der Waals surface area contributed by atoms with Crippen molar-refractivity contribution in [2.24, 2.45) is 0 Å². The Labute approximate surface area is 100 Å². The second-order valence-electron chi connectivity index (χ2n) is 3.93. The van der Waals surface area contributed by atoms with E-state index in [-0.39, 0.29) is 0 Å². The number of benzene rings is 2. The highest BCUT2D eigenvalue weighted by molar-refractivity contribution is 7.80. The predicted molar refractivity (Wildman–Crippen MR) is 71.6 cm³/mol. The van der Waals surface area contributed by atoms with Gasteiger partial charge < -0.3 is 5.32 Å². The van der Waals surface area contributed by atoms with E-state index in [2.05, 4.69) is 35.6 Å². The van der Waals surface area contributed by atoms with Crippen molar-refractivity contribution in [2.75, 3.05) is 5.32 Å². The van der Waals surface area contributed by atoms with Crippen LogP contribution in [-0.2, 0) is 6.42 Å². The topological polar surface area (TPSA) is 12.0 Å². The predicted octanol–water partition coefficient (Wildman–Crippen LogP) is 3.70. The number of rotatable bonds is 0. The van der Waals surface area contributed by atoms with Crippen LogP contribution >= 0.6 is 12.2 Å². The maximum atomic E-state index is 5.48. The van der Waals surface area contributed by atoms with E-state index in [0.717, 1.165) is 28.2 Å². The first kappa shape index (κ1) is 9.55. The average molecular weight is 225 g/mol. The molecule has 0 saturated heterocycles. The molecular weight excluding hydrogens is 214 g/mol. The third-order valence-corrected chi connectivity index (χ3v) is 3.23. The Morgan fingerprint density at radius 2 is 1.56 bits per heavy atom. The lowest BCUT2D eigenvalue weighted by atomic mass is 10.0. The van der Waals surface area contributed by atoms with Crippen molar-refractivity contribution in [3.63, 3.8) is 0 Å². The molecule has 2 aromatic carbocycles. The molecule has 0 amide bonds. The van der Waals surface area contributed by atoms with Gasteiger partial charge in [0.2, 0.25) is 0 Å². The minimum atomic E-state index is 0.843. The largest absolute Gasteiger partial charge is 0.355 e.